The fourth-order valence-corrected chi connectivity index (χ4v) is 3.76. The van der Waals surface area contributed by atoms with Crippen LogP contribution in [-0.2, 0) is 9.53 Å². The predicted octanol–water partition coefficient (Wildman–Crippen LogP) is 3.29. The van der Waals surface area contributed by atoms with Crippen LogP contribution in [0.5, 0.6) is 0 Å². The molecule has 1 fully saturated rings. The zero-order chi connectivity index (χ0) is 18.8. The van der Waals surface area contributed by atoms with Crippen molar-refractivity contribution in [2.24, 2.45) is 0 Å². The second-order valence-corrected chi connectivity index (χ2v) is 6.94. The minimum atomic E-state index is -0.570. The molecular weight excluding hydrogens is 330 g/mol. The zero-order valence-electron chi connectivity index (χ0n) is 15.7. The largest absolute Gasteiger partial charge is 0.467 e. The molecule has 0 unspecified atom stereocenters. The number of hydrogen-bond donors (Lipinski definition) is 0. The molecule has 6 heteroatoms. The van der Waals surface area contributed by atoms with Crippen LogP contribution in [0.15, 0.2) is 36.5 Å². The molecule has 2 heterocycles. The molecule has 138 valence electrons. The summed E-state index contributed by atoms with van der Waals surface area (Å²) in [6.07, 6.45) is 2.93. The van der Waals surface area contributed by atoms with Crippen molar-refractivity contribution in [3.8, 4) is 0 Å². The Morgan fingerprint density at radius 3 is 2.46 bits per heavy atom. The zero-order valence-corrected chi connectivity index (χ0v) is 15.7. The summed E-state index contributed by atoms with van der Waals surface area (Å²) in [7, 11) is 1.36. The maximum absolute atomic E-state index is 13.4. The molecule has 0 saturated carbocycles. The molecule has 1 saturated heterocycles. The second kappa shape index (κ2) is 7.32. The number of methoxy groups -OCH3 is 1. The van der Waals surface area contributed by atoms with Crippen LogP contribution in [-0.4, -0.2) is 39.7 Å². The van der Waals surface area contributed by atoms with E-state index >= 15 is 0 Å². The van der Waals surface area contributed by atoms with Gasteiger partial charge in [-0.1, -0.05) is 30.3 Å². The Morgan fingerprint density at radius 1 is 1.19 bits per heavy atom. The van der Waals surface area contributed by atoms with Gasteiger partial charge in [0.05, 0.1) is 24.9 Å². The Hall–Kier alpha value is -2.63. The average Bonchev–Trinajstić information content (AvgIpc) is 3.25. The van der Waals surface area contributed by atoms with E-state index in [1.54, 1.807) is 11.1 Å². The van der Waals surface area contributed by atoms with E-state index in [1.165, 1.54) is 7.11 Å². The molecule has 0 N–H and O–H groups in total. The fraction of sp³-hybridized carbons (Fsp3) is 0.450. The summed E-state index contributed by atoms with van der Waals surface area (Å²) in [4.78, 5) is 27.4. The molecule has 1 aliphatic rings. The summed E-state index contributed by atoms with van der Waals surface area (Å²) in [6, 6.07) is 9.28. The van der Waals surface area contributed by atoms with Crippen LogP contribution in [0.2, 0.25) is 0 Å². The van der Waals surface area contributed by atoms with Crippen LogP contribution in [0.25, 0.3) is 0 Å². The molecule has 0 spiro atoms. The lowest BCUT2D eigenvalue weighted by Crippen LogP contribution is -2.42. The van der Waals surface area contributed by atoms with Crippen LogP contribution in [0, 0.1) is 6.92 Å². The quantitative estimate of drug-likeness (QED) is 0.790. The van der Waals surface area contributed by atoms with Gasteiger partial charge >= 0.3 is 5.97 Å². The summed E-state index contributed by atoms with van der Waals surface area (Å²) >= 11 is 0. The molecule has 3 rings (SSSR count). The Morgan fingerprint density at radius 2 is 1.88 bits per heavy atom. The van der Waals surface area contributed by atoms with E-state index in [9.17, 15) is 9.59 Å². The highest BCUT2D eigenvalue weighted by molar-refractivity contribution is 5.98. The van der Waals surface area contributed by atoms with Gasteiger partial charge in [-0.15, -0.1) is 0 Å². The lowest BCUT2D eigenvalue weighted by Gasteiger charge is -2.29. The van der Waals surface area contributed by atoms with Crippen LogP contribution in [0.4, 0.5) is 0 Å². The third-order valence-corrected chi connectivity index (χ3v) is 5.04. The number of rotatable bonds is 4. The van der Waals surface area contributed by atoms with Gasteiger partial charge in [-0.2, -0.15) is 5.10 Å². The van der Waals surface area contributed by atoms with Gasteiger partial charge in [0.2, 0.25) is 0 Å². The molecule has 1 aromatic heterocycles. The number of amides is 1. The number of nitrogens with zero attached hydrogens (tertiary/aromatic N) is 3. The van der Waals surface area contributed by atoms with E-state index in [0.717, 1.165) is 17.7 Å². The molecule has 0 aliphatic carbocycles. The van der Waals surface area contributed by atoms with Crippen molar-refractivity contribution in [3.05, 3.63) is 53.3 Å². The number of carbonyl (C=O) groups excluding carboxylic acids is 2. The first kappa shape index (κ1) is 18.2. The smallest absolute Gasteiger partial charge is 0.328 e. The Kier molecular flexibility index (Phi) is 5.11. The van der Waals surface area contributed by atoms with Gasteiger partial charge in [0.15, 0.2) is 0 Å². The van der Waals surface area contributed by atoms with Gasteiger partial charge < -0.3 is 9.64 Å². The molecule has 1 amide bonds. The van der Waals surface area contributed by atoms with Crippen molar-refractivity contribution in [2.75, 3.05) is 7.11 Å². The maximum atomic E-state index is 13.4. The molecule has 1 aromatic carbocycles. The van der Waals surface area contributed by atoms with E-state index < -0.39 is 6.04 Å². The highest BCUT2D eigenvalue weighted by Gasteiger charge is 2.43. The van der Waals surface area contributed by atoms with Gasteiger partial charge in [-0.05, 0) is 39.2 Å². The first-order chi connectivity index (χ1) is 12.5. The van der Waals surface area contributed by atoms with Gasteiger partial charge in [-0.3, -0.25) is 9.48 Å². The van der Waals surface area contributed by atoms with Gasteiger partial charge in [-0.25, -0.2) is 4.79 Å². The fourth-order valence-electron chi connectivity index (χ4n) is 3.76. The van der Waals surface area contributed by atoms with Crippen molar-refractivity contribution in [1.29, 1.82) is 0 Å². The summed E-state index contributed by atoms with van der Waals surface area (Å²) < 4.78 is 6.78. The van der Waals surface area contributed by atoms with Crippen LogP contribution >= 0.6 is 0 Å². The van der Waals surface area contributed by atoms with E-state index in [1.807, 2.05) is 55.8 Å². The number of likely N-dealkylation sites (tertiary alicyclic amines) is 1. The third kappa shape index (κ3) is 3.11. The molecule has 0 bridgehead atoms. The van der Waals surface area contributed by atoms with Crippen LogP contribution in [0.1, 0.15) is 60.4 Å². The van der Waals surface area contributed by atoms with Crippen molar-refractivity contribution < 1.29 is 14.3 Å². The average molecular weight is 355 g/mol. The maximum Gasteiger partial charge on any atom is 0.328 e. The van der Waals surface area contributed by atoms with Crippen molar-refractivity contribution >= 4 is 11.9 Å². The molecule has 2 aromatic rings. The standard InChI is InChI=1S/C20H25N3O3/c1-13(2)23-14(3)16(12-21-23)19(24)22-17(15-8-6-5-7-9-15)10-11-18(22)20(25)26-4/h5-9,12-13,17-18H,10-11H2,1-4H3/t17-,18-/m1/s1. The number of hydrogen-bond acceptors (Lipinski definition) is 4. The predicted molar refractivity (Wildman–Crippen MR) is 97.7 cm³/mol. The first-order valence-electron chi connectivity index (χ1n) is 8.95. The lowest BCUT2D eigenvalue weighted by atomic mass is 10.0. The van der Waals surface area contributed by atoms with Gasteiger partial charge in [0, 0.05) is 11.7 Å². The number of carbonyl (C=O) groups is 2. The number of benzene rings is 1. The van der Waals surface area contributed by atoms with Crippen molar-refractivity contribution in [3.63, 3.8) is 0 Å². The second-order valence-electron chi connectivity index (χ2n) is 6.94. The summed E-state index contributed by atoms with van der Waals surface area (Å²) in [6.45, 7) is 5.93. The first-order valence-corrected chi connectivity index (χ1v) is 8.95. The third-order valence-electron chi connectivity index (χ3n) is 5.04. The molecule has 1 aliphatic heterocycles. The highest BCUT2D eigenvalue weighted by Crippen LogP contribution is 2.38. The Balaban J connectivity index is 2.00. The van der Waals surface area contributed by atoms with Crippen molar-refractivity contribution in [1.82, 2.24) is 14.7 Å². The molecule has 6 nitrogen and oxygen atoms in total. The molecular formula is C20H25N3O3. The lowest BCUT2D eigenvalue weighted by molar-refractivity contribution is -0.145. The van der Waals surface area contributed by atoms with Crippen molar-refractivity contribution in [2.45, 2.75) is 51.7 Å². The molecule has 0 radical (unpaired) electrons. The molecule has 2 atom stereocenters. The highest BCUT2D eigenvalue weighted by atomic mass is 16.5. The van der Waals surface area contributed by atoms with E-state index in [2.05, 4.69) is 5.10 Å². The van der Waals surface area contributed by atoms with E-state index in [0.29, 0.717) is 12.0 Å². The minimum Gasteiger partial charge on any atom is -0.467 e. The van der Waals surface area contributed by atoms with Gasteiger partial charge in [0.1, 0.15) is 6.04 Å². The Bertz CT molecular complexity index is 798. The normalized spacial score (nSPS) is 19.8. The summed E-state index contributed by atoms with van der Waals surface area (Å²) in [5, 5.41) is 4.35. The number of aromatic nitrogens is 2. The minimum absolute atomic E-state index is 0.144. The summed E-state index contributed by atoms with van der Waals surface area (Å²) in [5.74, 6) is -0.540. The van der Waals surface area contributed by atoms with Gasteiger partial charge in [0.25, 0.3) is 5.91 Å². The summed E-state index contributed by atoms with van der Waals surface area (Å²) in [5.41, 5.74) is 2.38. The van der Waals surface area contributed by atoms with E-state index in [4.69, 9.17) is 4.74 Å². The number of esters is 1. The topological polar surface area (TPSA) is 64.4 Å². The SMILES string of the molecule is COC(=O)[C@H]1CC[C@H](c2ccccc2)N1C(=O)c1cnn(C(C)C)c1C. The van der Waals surface area contributed by atoms with Crippen LogP contribution < -0.4 is 0 Å². The monoisotopic (exact) mass is 355 g/mol. The van der Waals surface area contributed by atoms with Crippen LogP contribution in [0.3, 0.4) is 0 Å². The van der Waals surface area contributed by atoms with E-state index in [-0.39, 0.29) is 24.0 Å². The number of ether oxygens (including phenoxy) is 1. The molecule has 26 heavy (non-hydrogen) atoms. The Labute approximate surface area is 153 Å².